The zero-order valence-electron chi connectivity index (χ0n) is 20.3. The summed E-state index contributed by atoms with van der Waals surface area (Å²) >= 11 is 6.52. The molecule has 1 aliphatic heterocycles. The Kier molecular flexibility index (Phi) is 7.70. The van der Waals surface area contributed by atoms with Crippen LogP contribution in [-0.2, 0) is 11.2 Å². The summed E-state index contributed by atoms with van der Waals surface area (Å²) in [6, 6.07) is 12.8. The van der Waals surface area contributed by atoms with Crippen molar-refractivity contribution in [3.05, 3.63) is 81.7 Å². The molecule has 0 fully saturated rings. The molecule has 0 saturated heterocycles. The number of fused-ring (bicyclic) bond motifs is 1. The topological polar surface area (TPSA) is 127 Å². The summed E-state index contributed by atoms with van der Waals surface area (Å²) in [4.78, 5) is 22.6. The Morgan fingerprint density at radius 3 is 2.78 bits per heavy atom. The fourth-order valence-electron chi connectivity index (χ4n) is 4.00. The quantitative estimate of drug-likeness (QED) is 0.290. The van der Waals surface area contributed by atoms with Crippen molar-refractivity contribution in [2.24, 2.45) is 4.99 Å². The smallest absolute Gasteiger partial charge is 0.302 e. The molecule has 0 aliphatic carbocycles. The monoisotopic (exact) mass is 505 g/mol. The van der Waals surface area contributed by atoms with Gasteiger partial charge in [-0.25, -0.2) is 4.99 Å². The number of nitrogens with one attached hydrogen (secondary N) is 5. The molecule has 1 atom stereocenters. The van der Waals surface area contributed by atoms with Crippen LogP contribution in [0.15, 0.2) is 74.9 Å². The van der Waals surface area contributed by atoms with Crippen molar-refractivity contribution in [2.45, 2.75) is 26.3 Å². The van der Waals surface area contributed by atoms with Gasteiger partial charge in [-0.2, -0.15) is 4.98 Å². The van der Waals surface area contributed by atoms with E-state index in [9.17, 15) is 4.79 Å². The first-order chi connectivity index (χ1) is 17.4. The standard InChI is InChI=1S/C26H28ClN7O2/c1-4-17-8-7-11-20-23(17)36-26(32-20)34-25-31-15(2)21(24(35)30-14-16(12-28)13-29-3)22(33-25)18-9-5-6-10-19(18)27/h5-13,22,28-29H,4,14H2,1-3H3,(H,30,35)(H2,31,32,33,34)/b16-13+,28-12?. The Hall–Kier alpha value is -4.11. The highest BCUT2D eigenvalue weighted by atomic mass is 35.5. The Morgan fingerprint density at radius 1 is 1.25 bits per heavy atom. The minimum atomic E-state index is -0.672. The highest BCUT2D eigenvalue weighted by molar-refractivity contribution is 6.31. The number of amides is 1. The number of rotatable bonds is 8. The van der Waals surface area contributed by atoms with Gasteiger partial charge in [0.15, 0.2) is 5.58 Å². The number of nitrogens with zero attached hydrogens (tertiary/aromatic N) is 2. The van der Waals surface area contributed by atoms with Crippen LogP contribution < -0.4 is 21.3 Å². The summed E-state index contributed by atoms with van der Waals surface area (Å²) < 4.78 is 5.97. The Morgan fingerprint density at radius 2 is 2.06 bits per heavy atom. The van der Waals surface area contributed by atoms with Gasteiger partial charge in [-0.3, -0.25) is 10.1 Å². The van der Waals surface area contributed by atoms with E-state index in [4.69, 9.17) is 26.4 Å². The number of carbonyl (C=O) groups is 1. The molecule has 0 saturated carbocycles. The lowest BCUT2D eigenvalue weighted by Crippen LogP contribution is -2.39. The average molecular weight is 506 g/mol. The molecule has 0 spiro atoms. The number of aromatic nitrogens is 1. The van der Waals surface area contributed by atoms with Gasteiger partial charge < -0.3 is 25.8 Å². The normalized spacial score (nSPS) is 15.8. The second kappa shape index (κ2) is 11.1. The Balaban J connectivity index is 1.66. The van der Waals surface area contributed by atoms with Crippen LogP contribution in [0.5, 0.6) is 0 Å². The van der Waals surface area contributed by atoms with Crippen LogP contribution in [0.2, 0.25) is 5.02 Å². The lowest BCUT2D eigenvalue weighted by Gasteiger charge is -2.27. The summed E-state index contributed by atoms with van der Waals surface area (Å²) in [5.41, 5.74) is 4.88. The van der Waals surface area contributed by atoms with E-state index in [0.717, 1.165) is 23.1 Å². The molecular formula is C26H28ClN7O2. The number of guanidine groups is 1. The van der Waals surface area contributed by atoms with Crippen LogP contribution in [-0.4, -0.2) is 36.7 Å². The summed E-state index contributed by atoms with van der Waals surface area (Å²) in [6.07, 6.45) is 3.67. The maximum Gasteiger partial charge on any atom is 0.302 e. The van der Waals surface area contributed by atoms with Crippen LogP contribution >= 0.6 is 11.6 Å². The van der Waals surface area contributed by atoms with Gasteiger partial charge in [-0.1, -0.05) is 48.9 Å². The lowest BCUT2D eigenvalue weighted by molar-refractivity contribution is -0.117. The van der Waals surface area contributed by atoms with Gasteiger partial charge in [0.2, 0.25) is 5.96 Å². The number of oxazole rings is 1. The van der Waals surface area contributed by atoms with Crippen molar-refractivity contribution >= 4 is 46.8 Å². The molecule has 4 rings (SSSR count). The fraction of sp³-hybridized carbons (Fsp3) is 0.231. The van der Waals surface area contributed by atoms with E-state index >= 15 is 0 Å². The number of hydrogen-bond donors (Lipinski definition) is 5. The minimum Gasteiger partial charge on any atom is -0.423 e. The molecule has 3 aromatic rings. The molecule has 1 aromatic heterocycles. The van der Waals surface area contributed by atoms with Gasteiger partial charge in [0.05, 0.1) is 5.57 Å². The van der Waals surface area contributed by atoms with Crippen molar-refractivity contribution in [3.8, 4) is 0 Å². The summed E-state index contributed by atoms with van der Waals surface area (Å²) in [5, 5.41) is 20.0. The van der Waals surface area contributed by atoms with Crippen LogP contribution in [0, 0.1) is 5.41 Å². The van der Waals surface area contributed by atoms with Crippen molar-refractivity contribution in [1.82, 2.24) is 20.9 Å². The van der Waals surface area contributed by atoms with Gasteiger partial charge in [0, 0.05) is 47.9 Å². The third kappa shape index (κ3) is 5.26. The Labute approximate surface area is 214 Å². The van der Waals surface area contributed by atoms with Gasteiger partial charge in [-0.05, 0) is 31.0 Å². The van der Waals surface area contributed by atoms with Gasteiger partial charge in [-0.15, -0.1) is 0 Å². The Bertz CT molecular complexity index is 1390. The van der Waals surface area contributed by atoms with Crippen LogP contribution in [0.4, 0.5) is 6.01 Å². The number of aryl methyl sites for hydroxylation is 1. The van der Waals surface area contributed by atoms with E-state index in [2.05, 4.69) is 33.2 Å². The highest BCUT2D eigenvalue weighted by Gasteiger charge is 2.31. The van der Waals surface area contributed by atoms with Crippen molar-refractivity contribution in [3.63, 3.8) is 0 Å². The summed E-state index contributed by atoms with van der Waals surface area (Å²) in [6.45, 7) is 4.05. The van der Waals surface area contributed by atoms with E-state index in [1.807, 2.05) is 36.4 Å². The number of anilines is 1. The summed E-state index contributed by atoms with van der Waals surface area (Å²) in [7, 11) is 1.74. The third-order valence-corrected chi connectivity index (χ3v) is 6.10. The maximum atomic E-state index is 13.3. The summed E-state index contributed by atoms with van der Waals surface area (Å²) in [5.74, 6) is 0.0693. The first-order valence-corrected chi connectivity index (χ1v) is 11.9. The van der Waals surface area contributed by atoms with Gasteiger partial charge in [0.1, 0.15) is 11.6 Å². The molecule has 1 aliphatic rings. The second-order valence-electron chi connectivity index (χ2n) is 8.16. The number of allylic oxidation sites excluding steroid dienone is 1. The molecule has 2 aromatic carbocycles. The molecule has 1 unspecified atom stereocenters. The van der Waals surface area contributed by atoms with Crippen molar-refractivity contribution < 1.29 is 9.21 Å². The first-order valence-electron chi connectivity index (χ1n) is 11.6. The molecule has 5 N–H and O–H groups in total. The van der Waals surface area contributed by atoms with E-state index in [-0.39, 0.29) is 12.5 Å². The minimum absolute atomic E-state index is 0.187. The largest absolute Gasteiger partial charge is 0.423 e. The SMILES string of the molecule is CCc1cccc2nc(NC3=NC(c4ccccc4Cl)C(C(=O)NC/C(C=N)=C/NC)=C(C)N3)oc12. The van der Waals surface area contributed by atoms with Gasteiger partial charge in [0.25, 0.3) is 5.91 Å². The first kappa shape index (κ1) is 25.0. The highest BCUT2D eigenvalue weighted by Crippen LogP contribution is 2.35. The van der Waals surface area contributed by atoms with Gasteiger partial charge >= 0.3 is 6.01 Å². The zero-order valence-corrected chi connectivity index (χ0v) is 21.0. The van der Waals surface area contributed by atoms with Crippen molar-refractivity contribution in [1.29, 1.82) is 5.41 Å². The number of hydrogen-bond acceptors (Lipinski definition) is 8. The number of para-hydroxylation sites is 1. The second-order valence-corrected chi connectivity index (χ2v) is 8.57. The number of carbonyl (C=O) groups excluding carboxylic acids is 1. The lowest BCUT2D eigenvalue weighted by atomic mass is 9.95. The molecule has 9 nitrogen and oxygen atoms in total. The molecule has 0 radical (unpaired) electrons. The molecule has 0 bridgehead atoms. The fourth-order valence-corrected chi connectivity index (χ4v) is 4.24. The van der Waals surface area contributed by atoms with E-state index in [0.29, 0.717) is 39.4 Å². The molecule has 10 heteroatoms. The third-order valence-electron chi connectivity index (χ3n) is 5.76. The predicted octanol–water partition coefficient (Wildman–Crippen LogP) is 4.30. The van der Waals surface area contributed by atoms with E-state index < -0.39 is 6.04 Å². The maximum absolute atomic E-state index is 13.3. The van der Waals surface area contributed by atoms with Crippen LogP contribution in [0.3, 0.4) is 0 Å². The zero-order chi connectivity index (χ0) is 25.7. The molecular weight excluding hydrogens is 478 g/mol. The molecule has 36 heavy (non-hydrogen) atoms. The predicted molar refractivity (Wildman–Crippen MR) is 143 cm³/mol. The number of aliphatic imine (C=N–C) groups is 1. The molecule has 1 amide bonds. The van der Waals surface area contributed by atoms with Crippen molar-refractivity contribution in [2.75, 3.05) is 18.9 Å². The number of benzene rings is 2. The molecule has 186 valence electrons. The van der Waals surface area contributed by atoms with E-state index in [1.165, 1.54) is 6.21 Å². The van der Waals surface area contributed by atoms with E-state index in [1.54, 1.807) is 26.2 Å². The van der Waals surface area contributed by atoms with Crippen LogP contribution in [0.25, 0.3) is 11.1 Å². The molecule has 2 heterocycles. The van der Waals surface area contributed by atoms with Crippen LogP contribution in [0.1, 0.15) is 31.0 Å². The number of halogens is 1. The average Bonchev–Trinajstić information content (AvgIpc) is 3.28.